The van der Waals surface area contributed by atoms with Crippen molar-refractivity contribution in [1.29, 1.82) is 0 Å². The van der Waals surface area contributed by atoms with E-state index in [0.717, 1.165) is 6.42 Å². The molecule has 0 radical (unpaired) electrons. The molecule has 2 rings (SSSR count). The average Bonchev–Trinajstić information content (AvgIpc) is 2.93. The summed E-state index contributed by atoms with van der Waals surface area (Å²) in [6, 6.07) is 0. The van der Waals surface area contributed by atoms with E-state index in [0.29, 0.717) is 5.92 Å². The Labute approximate surface area is 157 Å². The van der Waals surface area contributed by atoms with E-state index in [1.54, 1.807) is 22.3 Å². The van der Waals surface area contributed by atoms with Crippen LogP contribution in [0.4, 0.5) is 0 Å². The van der Waals surface area contributed by atoms with E-state index in [9.17, 15) is 0 Å². The smallest absolute Gasteiger partial charge is 0 e. The zero-order chi connectivity index (χ0) is 15.6. The van der Waals surface area contributed by atoms with Crippen molar-refractivity contribution in [2.45, 2.75) is 80.1 Å². The standard InChI is InChI=1S/C21H31.Zr/c1-7-9-11-19-13-12-18(10-8-2)21(19)20-16(5)14(3)15(4)17(20)6;/h16H,7-11,13H2,1-6H3;/q-1;. The molecule has 0 fully saturated rings. The molecule has 1 atom stereocenters. The van der Waals surface area contributed by atoms with Gasteiger partial charge in [0.15, 0.2) is 0 Å². The minimum atomic E-state index is 0. The predicted octanol–water partition coefficient (Wildman–Crippen LogP) is 6.71. The molecular weight excluding hydrogens is 343 g/mol. The zero-order valence-electron chi connectivity index (χ0n) is 15.3. The first-order valence-electron chi connectivity index (χ1n) is 8.73. The predicted molar refractivity (Wildman–Crippen MR) is 93.1 cm³/mol. The fourth-order valence-electron chi connectivity index (χ4n) is 3.79. The maximum atomic E-state index is 3.70. The van der Waals surface area contributed by atoms with Crippen LogP contribution < -0.4 is 0 Å². The van der Waals surface area contributed by atoms with Gasteiger partial charge >= 0.3 is 0 Å². The fourth-order valence-corrected chi connectivity index (χ4v) is 3.79. The Balaban J connectivity index is 0.00000242. The molecule has 0 N–H and O–H groups in total. The van der Waals surface area contributed by atoms with Gasteiger partial charge in [0.2, 0.25) is 0 Å². The molecule has 0 saturated heterocycles. The van der Waals surface area contributed by atoms with E-state index < -0.39 is 0 Å². The maximum absolute atomic E-state index is 3.70. The van der Waals surface area contributed by atoms with Crippen molar-refractivity contribution in [2.24, 2.45) is 5.92 Å². The van der Waals surface area contributed by atoms with Gasteiger partial charge in [0.25, 0.3) is 0 Å². The molecule has 0 saturated carbocycles. The van der Waals surface area contributed by atoms with Gasteiger partial charge in [0.1, 0.15) is 0 Å². The monoisotopic (exact) mass is 373 g/mol. The summed E-state index contributed by atoms with van der Waals surface area (Å²) in [6.45, 7) is 13.9. The minimum Gasteiger partial charge on any atom is -0.269 e. The molecule has 0 spiro atoms. The zero-order valence-corrected chi connectivity index (χ0v) is 17.8. The van der Waals surface area contributed by atoms with Gasteiger partial charge in [-0.1, -0.05) is 57.6 Å². The quantitative estimate of drug-likeness (QED) is 0.453. The Morgan fingerprint density at radius 1 is 1.00 bits per heavy atom. The van der Waals surface area contributed by atoms with Crippen LogP contribution in [0.25, 0.3) is 0 Å². The molecule has 22 heavy (non-hydrogen) atoms. The van der Waals surface area contributed by atoms with Crippen LogP contribution in [0.5, 0.6) is 0 Å². The van der Waals surface area contributed by atoms with Crippen LogP contribution in [0.15, 0.2) is 39.0 Å². The molecule has 1 heteroatoms. The minimum absolute atomic E-state index is 0. The number of hydrogen-bond acceptors (Lipinski definition) is 0. The van der Waals surface area contributed by atoms with Gasteiger partial charge < -0.3 is 0 Å². The van der Waals surface area contributed by atoms with Crippen LogP contribution in [0.3, 0.4) is 0 Å². The summed E-state index contributed by atoms with van der Waals surface area (Å²) in [5, 5.41) is 0. The van der Waals surface area contributed by atoms with Gasteiger partial charge in [-0.2, -0.15) is 11.1 Å². The Morgan fingerprint density at radius 3 is 2.18 bits per heavy atom. The molecule has 0 amide bonds. The maximum Gasteiger partial charge on any atom is 0 e. The Hall–Kier alpha value is -0.157. The van der Waals surface area contributed by atoms with E-state index in [4.69, 9.17) is 0 Å². The van der Waals surface area contributed by atoms with Crippen LogP contribution in [0.2, 0.25) is 0 Å². The molecule has 0 aromatic heterocycles. The third-order valence-electron chi connectivity index (χ3n) is 5.41. The molecule has 0 aromatic rings. The molecule has 2 aliphatic carbocycles. The van der Waals surface area contributed by atoms with E-state index in [2.05, 4.69) is 47.6 Å². The SMILES string of the molecule is CCCCC1=C(C2=C(C)C(C)=C(C)C2C)C(CCC)=[C-]C1.[Zr]. The second-order valence-corrected chi connectivity index (χ2v) is 6.73. The van der Waals surface area contributed by atoms with Crippen molar-refractivity contribution in [3.05, 3.63) is 45.1 Å². The third-order valence-corrected chi connectivity index (χ3v) is 5.41. The van der Waals surface area contributed by atoms with E-state index >= 15 is 0 Å². The summed E-state index contributed by atoms with van der Waals surface area (Å²) in [5.74, 6) is 0.586. The normalized spacial score (nSPS) is 21.7. The van der Waals surface area contributed by atoms with Crippen LogP contribution in [-0.4, -0.2) is 0 Å². The number of unbranched alkanes of at least 4 members (excludes halogenated alkanes) is 1. The first-order valence-corrected chi connectivity index (χ1v) is 8.73. The third kappa shape index (κ3) is 3.67. The second-order valence-electron chi connectivity index (χ2n) is 6.73. The first kappa shape index (κ1) is 19.9. The molecule has 120 valence electrons. The summed E-state index contributed by atoms with van der Waals surface area (Å²) in [7, 11) is 0. The van der Waals surface area contributed by atoms with Gasteiger partial charge in [-0.15, -0.1) is 12.0 Å². The number of rotatable bonds is 6. The Kier molecular flexibility index (Phi) is 7.80. The average molecular weight is 375 g/mol. The molecule has 1 unspecified atom stereocenters. The van der Waals surface area contributed by atoms with Crippen LogP contribution in [-0.2, 0) is 26.2 Å². The largest absolute Gasteiger partial charge is 0.269 e. The van der Waals surface area contributed by atoms with E-state index in [-0.39, 0.29) is 26.2 Å². The summed E-state index contributed by atoms with van der Waals surface area (Å²) in [4.78, 5) is 0. The molecule has 0 heterocycles. The van der Waals surface area contributed by atoms with Crippen LogP contribution in [0, 0.1) is 12.0 Å². The van der Waals surface area contributed by atoms with Gasteiger partial charge in [-0.3, -0.25) is 6.08 Å². The van der Waals surface area contributed by atoms with Crippen molar-refractivity contribution in [3.63, 3.8) is 0 Å². The van der Waals surface area contributed by atoms with Crippen LogP contribution in [0.1, 0.15) is 80.1 Å². The second kappa shape index (κ2) is 8.63. The molecule has 0 nitrogen and oxygen atoms in total. The van der Waals surface area contributed by atoms with Crippen molar-refractivity contribution in [3.8, 4) is 0 Å². The van der Waals surface area contributed by atoms with Gasteiger partial charge in [0, 0.05) is 26.2 Å². The first-order chi connectivity index (χ1) is 10.0. The molecule has 0 aliphatic heterocycles. The van der Waals surface area contributed by atoms with E-state index in [1.807, 2.05) is 0 Å². The number of allylic oxidation sites excluding steroid dienone is 8. The van der Waals surface area contributed by atoms with Crippen LogP contribution >= 0.6 is 0 Å². The van der Waals surface area contributed by atoms with Crippen molar-refractivity contribution in [2.75, 3.05) is 0 Å². The summed E-state index contributed by atoms with van der Waals surface area (Å²) < 4.78 is 0. The topological polar surface area (TPSA) is 0 Å². The van der Waals surface area contributed by atoms with Gasteiger partial charge in [-0.05, 0) is 38.7 Å². The Morgan fingerprint density at radius 2 is 1.68 bits per heavy atom. The van der Waals surface area contributed by atoms with Gasteiger partial charge in [0.05, 0.1) is 0 Å². The fraction of sp³-hybridized carbons (Fsp3) is 0.619. The molecule has 0 bridgehead atoms. The molecule has 0 aromatic carbocycles. The van der Waals surface area contributed by atoms with Crippen molar-refractivity contribution < 1.29 is 26.2 Å². The molecular formula is C21H31Zr-. The van der Waals surface area contributed by atoms with E-state index in [1.165, 1.54) is 48.8 Å². The Bertz CT molecular complexity index is 540. The van der Waals surface area contributed by atoms with Crippen molar-refractivity contribution in [1.82, 2.24) is 0 Å². The van der Waals surface area contributed by atoms with Gasteiger partial charge in [-0.25, -0.2) is 5.57 Å². The summed E-state index contributed by atoms with van der Waals surface area (Å²) in [6.07, 6.45) is 11.0. The molecule has 2 aliphatic rings. The number of hydrogen-bond donors (Lipinski definition) is 0. The summed E-state index contributed by atoms with van der Waals surface area (Å²) >= 11 is 0. The summed E-state index contributed by atoms with van der Waals surface area (Å²) in [5.41, 5.74) is 11.0. The van der Waals surface area contributed by atoms with Crippen molar-refractivity contribution >= 4 is 0 Å².